The average Bonchev–Trinajstić information content (AvgIpc) is 2.43. The molecule has 1 fully saturated rings. The fourth-order valence-electron chi connectivity index (χ4n) is 2.46. The molecule has 1 aliphatic carbocycles. The maximum atomic E-state index is 12.2. The summed E-state index contributed by atoms with van der Waals surface area (Å²) in [5.74, 6) is -0.756. The monoisotopic (exact) mass is 247 g/mol. The molecular formula is C13H13NO4. The summed E-state index contributed by atoms with van der Waals surface area (Å²) in [5, 5.41) is 11.8. The zero-order valence-electron chi connectivity index (χ0n) is 9.73. The highest BCUT2D eigenvalue weighted by molar-refractivity contribution is 6.04. The quantitative estimate of drug-likeness (QED) is 0.794. The number of ether oxygens (including phenoxy) is 1. The van der Waals surface area contributed by atoms with Crippen LogP contribution in [-0.4, -0.2) is 23.6 Å². The molecule has 0 atom stereocenters. The largest absolute Gasteiger partial charge is 0.490 e. The second kappa shape index (κ2) is 3.73. The first-order valence-corrected chi connectivity index (χ1v) is 5.93. The lowest BCUT2D eigenvalue weighted by Gasteiger charge is -2.37. The Morgan fingerprint density at radius 2 is 2.17 bits per heavy atom. The second-order valence-electron chi connectivity index (χ2n) is 4.86. The molecule has 3 rings (SSSR count). The third kappa shape index (κ3) is 1.47. The molecule has 1 saturated carbocycles. The summed E-state index contributed by atoms with van der Waals surface area (Å²) in [5.41, 5.74) is -0.120. The molecule has 0 aromatic heterocycles. The zero-order valence-corrected chi connectivity index (χ0v) is 9.73. The highest BCUT2D eigenvalue weighted by atomic mass is 16.5. The van der Waals surface area contributed by atoms with Crippen LogP contribution in [0, 0.1) is 5.41 Å². The average molecular weight is 247 g/mol. The number of hydrogen-bond acceptors (Lipinski definition) is 3. The molecule has 1 aliphatic heterocycles. The van der Waals surface area contributed by atoms with Crippen LogP contribution in [-0.2, 0) is 4.79 Å². The van der Waals surface area contributed by atoms with Crippen LogP contribution >= 0.6 is 0 Å². The Hall–Kier alpha value is -2.04. The summed E-state index contributed by atoms with van der Waals surface area (Å²) in [4.78, 5) is 23.3. The topological polar surface area (TPSA) is 75.6 Å². The Kier molecular flexibility index (Phi) is 2.29. The molecule has 5 nitrogen and oxygen atoms in total. The molecule has 1 spiro atoms. The van der Waals surface area contributed by atoms with Crippen molar-refractivity contribution in [1.82, 2.24) is 0 Å². The molecule has 1 aromatic rings. The third-order valence-electron chi connectivity index (χ3n) is 3.79. The molecule has 0 unspecified atom stereocenters. The van der Waals surface area contributed by atoms with Gasteiger partial charge < -0.3 is 15.2 Å². The number of rotatable bonds is 1. The Balaban J connectivity index is 2.03. The van der Waals surface area contributed by atoms with Crippen LogP contribution in [0.1, 0.15) is 29.6 Å². The van der Waals surface area contributed by atoms with E-state index in [-0.39, 0.29) is 17.2 Å². The van der Waals surface area contributed by atoms with Crippen LogP contribution in [0.2, 0.25) is 0 Å². The fourth-order valence-corrected chi connectivity index (χ4v) is 2.46. The molecule has 0 bridgehead atoms. The van der Waals surface area contributed by atoms with Gasteiger partial charge in [-0.05, 0) is 25.0 Å². The molecule has 5 heteroatoms. The van der Waals surface area contributed by atoms with E-state index in [0.29, 0.717) is 12.4 Å². The van der Waals surface area contributed by atoms with Gasteiger partial charge in [-0.25, -0.2) is 4.79 Å². The number of carbonyl (C=O) groups excluding carboxylic acids is 1. The summed E-state index contributed by atoms with van der Waals surface area (Å²) in [6, 6.07) is 4.76. The lowest BCUT2D eigenvalue weighted by Crippen LogP contribution is -2.45. The van der Waals surface area contributed by atoms with E-state index in [0.717, 1.165) is 19.3 Å². The highest BCUT2D eigenvalue weighted by Gasteiger charge is 2.47. The normalized spacial score (nSPS) is 20.1. The van der Waals surface area contributed by atoms with Crippen LogP contribution in [0.5, 0.6) is 5.75 Å². The van der Waals surface area contributed by atoms with Crippen LogP contribution in [0.15, 0.2) is 18.2 Å². The summed E-state index contributed by atoms with van der Waals surface area (Å²) in [7, 11) is 0. The first-order chi connectivity index (χ1) is 8.62. The minimum Gasteiger partial charge on any atom is -0.490 e. The lowest BCUT2D eigenvalue weighted by atomic mass is 9.69. The van der Waals surface area contributed by atoms with Crippen LogP contribution in [0.4, 0.5) is 5.69 Å². The van der Waals surface area contributed by atoms with Crippen molar-refractivity contribution in [3.05, 3.63) is 23.8 Å². The zero-order chi connectivity index (χ0) is 12.8. The number of fused-ring (bicyclic) bond motifs is 1. The van der Waals surface area contributed by atoms with Gasteiger partial charge in [-0.2, -0.15) is 0 Å². The Labute approximate surface area is 104 Å². The molecule has 94 valence electrons. The first-order valence-electron chi connectivity index (χ1n) is 5.93. The van der Waals surface area contributed by atoms with Crippen molar-refractivity contribution >= 4 is 17.6 Å². The smallest absolute Gasteiger partial charge is 0.337 e. The van der Waals surface area contributed by atoms with Gasteiger partial charge in [-0.3, -0.25) is 4.79 Å². The minimum absolute atomic E-state index is 0.0669. The van der Waals surface area contributed by atoms with Gasteiger partial charge in [0.25, 0.3) is 0 Å². The van der Waals surface area contributed by atoms with E-state index < -0.39 is 11.4 Å². The summed E-state index contributed by atoms with van der Waals surface area (Å²) >= 11 is 0. The number of aromatic carboxylic acids is 1. The van der Waals surface area contributed by atoms with Crippen molar-refractivity contribution in [3.63, 3.8) is 0 Å². The fraction of sp³-hybridized carbons (Fsp3) is 0.385. The Bertz CT molecular complexity index is 534. The van der Waals surface area contributed by atoms with Gasteiger partial charge in [0.2, 0.25) is 5.91 Å². The molecule has 2 N–H and O–H groups in total. The van der Waals surface area contributed by atoms with Crippen LogP contribution in [0.25, 0.3) is 0 Å². The van der Waals surface area contributed by atoms with Crippen molar-refractivity contribution in [2.45, 2.75) is 19.3 Å². The van der Waals surface area contributed by atoms with E-state index in [1.807, 2.05) is 0 Å². The number of amides is 1. The van der Waals surface area contributed by atoms with Gasteiger partial charge >= 0.3 is 5.97 Å². The Morgan fingerprint density at radius 1 is 1.39 bits per heavy atom. The number of hydrogen-bond donors (Lipinski definition) is 2. The summed E-state index contributed by atoms with van der Waals surface area (Å²) in [6.07, 6.45) is 2.61. The number of para-hydroxylation sites is 1. The maximum absolute atomic E-state index is 12.2. The number of carbonyl (C=O) groups is 2. The number of anilines is 1. The maximum Gasteiger partial charge on any atom is 0.337 e. The lowest BCUT2D eigenvalue weighted by molar-refractivity contribution is -0.132. The summed E-state index contributed by atoms with van der Waals surface area (Å²) < 4.78 is 5.62. The number of carboxylic acid groups (broad SMARTS) is 1. The molecule has 2 aliphatic rings. The molecular weight excluding hydrogens is 234 g/mol. The Morgan fingerprint density at radius 3 is 2.78 bits per heavy atom. The predicted molar refractivity (Wildman–Crippen MR) is 63.8 cm³/mol. The van der Waals surface area contributed by atoms with E-state index in [4.69, 9.17) is 9.84 Å². The number of benzene rings is 1. The SMILES string of the molecule is O=C(O)c1cccc2c1NC(=O)C1(CCC1)CO2. The summed E-state index contributed by atoms with van der Waals surface area (Å²) in [6.45, 7) is 0.328. The van der Waals surface area contributed by atoms with E-state index in [9.17, 15) is 9.59 Å². The van der Waals surface area contributed by atoms with Crippen molar-refractivity contribution in [2.24, 2.45) is 5.41 Å². The van der Waals surface area contributed by atoms with Gasteiger partial charge in [0.1, 0.15) is 12.4 Å². The van der Waals surface area contributed by atoms with Gasteiger partial charge in [-0.1, -0.05) is 12.5 Å². The molecule has 1 aromatic carbocycles. The van der Waals surface area contributed by atoms with Crippen molar-refractivity contribution in [1.29, 1.82) is 0 Å². The number of carboxylic acids is 1. The van der Waals surface area contributed by atoms with E-state index in [1.165, 1.54) is 6.07 Å². The predicted octanol–water partition coefficient (Wildman–Crippen LogP) is 1.89. The minimum atomic E-state index is -1.07. The van der Waals surface area contributed by atoms with E-state index >= 15 is 0 Å². The molecule has 0 saturated heterocycles. The standard InChI is InChI=1S/C13H13NO4/c15-11(16)8-3-1-4-9-10(8)14-12(17)13(7-18-9)5-2-6-13/h1,3-4H,2,5-7H2,(H,14,17)(H,15,16). The van der Waals surface area contributed by atoms with Gasteiger partial charge in [0.05, 0.1) is 16.7 Å². The highest BCUT2D eigenvalue weighted by Crippen LogP contribution is 2.45. The second-order valence-corrected chi connectivity index (χ2v) is 4.86. The third-order valence-corrected chi connectivity index (χ3v) is 3.79. The van der Waals surface area contributed by atoms with Crippen molar-refractivity contribution < 1.29 is 19.4 Å². The van der Waals surface area contributed by atoms with Crippen LogP contribution in [0.3, 0.4) is 0 Å². The molecule has 1 heterocycles. The molecule has 0 radical (unpaired) electrons. The number of nitrogens with one attached hydrogen (secondary N) is 1. The molecule has 1 amide bonds. The van der Waals surface area contributed by atoms with Crippen molar-refractivity contribution in [2.75, 3.05) is 11.9 Å². The van der Waals surface area contributed by atoms with Gasteiger partial charge in [-0.15, -0.1) is 0 Å². The van der Waals surface area contributed by atoms with Gasteiger partial charge in [0, 0.05) is 0 Å². The van der Waals surface area contributed by atoms with E-state index in [1.54, 1.807) is 12.1 Å². The van der Waals surface area contributed by atoms with E-state index in [2.05, 4.69) is 5.32 Å². The van der Waals surface area contributed by atoms with Crippen molar-refractivity contribution in [3.8, 4) is 5.75 Å². The van der Waals surface area contributed by atoms with Gasteiger partial charge in [0.15, 0.2) is 0 Å². The molecule has 18 heavy (non-hydrogen) atoms. The van der Waals surface area contributed by atoms with Crippen LogP contribution < -0.4 is 10.1 Å². The first kappa shape index (κ1) is 11.1.